The minimum atomic E-state index is 0.536. The Balaban J connectivity index is 2.26. The second-order valence-corrected chi connectivity index (χ2v) is 4.04. The van der Waals surface area contributed by atoms with Gasteiger partial charge in [-0.1, -0.05) is 33.6 Å². The quantitative estimate of drug-likeness (QED) is 0.808. The summed E-state index contributed by atoms with van der Waals surface area (Å²) in [6.45, 7) is 0. The first kappa shape index (κ1) is 11.4. The van der Waals surface area contributed by atoms with Gasteiger partial charge in [0.25, 0.3) is 0 Å². The first-order chi connectivity index (χ1) is 7.79. The van der Waals surface area contributed by atoms with E-state index in [0.717, 1.165) is 5.56 Å². The molecule has 0 amide bonds. The molecule has 0 N–H and O–H groups in total. The van der Waals surface area contributed by atoms with E-state index in [9.17, 15) is 0 Å². The highest BCUT2D eigenvalue weighted by Gasteiger charge is 2.05. The number of rotatable bonds is 3. The molecule has 2 heterocycles. The van der Waals surface area contributed by atoms with E-state index < -0.39 is 0 Å². The summed E-state index contributed by atoms with van der Waals surface area (Å²) in [6, 6.07) is 5.50. The summed E-state index contributed by atoms with van der Waals surface area (Å²) in [6.07, 6.45) is 4.83. The topological polar surface area (TPSA) is 35.0 Å². The summed E-state index contributed by atoms with van der Waals surface area (Å²) in [7, 11) is 0. The molecule has 0 saturated carbocycles. The van der Waals surface area contributed by atoms with Crippen molar-refractivity contribution in [3.05, 3.63) is 47.4 Å². The molecule has 2 aromatic heterocycles. The molecule has 5 heteroatoms. The highest BCUT2D eigenvalue weighted by molar-refractivity contribution is 9.08. The molecule has 0 unspecified atom stereocenters. The average Bonchev–Trinajstić information content (AvgIpc) is 2.30. The van der Waals surface area contributed by atoms with Crippen LogP contribution >= 0.6 is 27.5 Å². The number of hydrogen-bond donors (Lipinski definition) is 0. The molecular weight excluding hydrogens is 291 g/mol. The Hall–Kier alpha value is -1.13. The summed E-state index contributed by atoms with van der Waals surface area (Å²) in [4.78, 5) is 8.09. The number of nitrogens with zero attached hydrogens (tertiary/aromatic N) is 2. The highest BCUT2D eigenvalue weighted by atomic mass is 79.9. The van der Waals surface area contributed by atoms with Gasteiger partial charge in [0.15, 0.2) is 0 Å². The largest absolute Gasteiger partial charge is 0.437 e. The predicted octanol–water partition coefficient (Wildman–Crippen LogP) is 3.82. The van der Waals surface area contributed by atoms with Crippen LogP contribution in [0.2, 0.25) is 5.02 Å². The van der Waals surface area contributed by atoms with Crippen molar-refractivity contribution in [3.63, 3.8) is 0 Å². The van der Waals surface area contributed by atoms with Crippen LogP contribution in [0, 0.1) is 0 Å². The molecule has 2 rings (SSSR count). The molecule has 0 atom stereocenters. The second-order valence-electron chi connectivity index (χ2n) is 3.04. The fourth-order valence-corrected chi connectivity index (χ4v) is 1.77. The van der Waals surface area contributed by atoms with Crippen LogP contribution in [0.25, 0.3) is 0 Å². The molecule has 0 radical (unpaired) electrons. The molecule has 82 valence electrons. The van der Waals surface area contributed by atoms with Gasteiger partial charge >= 0.3 is 0 Å². The molecule has 0 fully saturated rings. The van der Waals surface area contributed by atoms with Crippen molar-refractivity contribution in [2.24, 2.45) is 0 Å². The minimum Gasteiger partial charge on any atom is -0.437 e. The van der Waals surface area contributed by atoms with Crippen LogP contribution in [0.5, 0.6) is 11.6 Å². The molecule has 0 spiro atoms. The molecule has 0 aliphatic heterocycles. The number of ether oxygens (including phenoxy) is 1. The Morgan fingerprint density at radius 3 is 3.00 bits per heavy atom. The number of aromatic nitrogens is 2. The Morgan fingerprint density at radius 2 is 2.25 bits per heavy atom. The summed E-state index contributed by atoms with van der Waals surface area (Å²) in [5.41, 5.74) is 0.975. The van der Waals surface area contributed by atoms with E-state index in [1.807, 2.05) is 12.1 Å². The normalized spacial score (nSPS) is 10.1. The van der Waals surface area contributed by atoms with Crippen LogP contribution < -0.4 is 4.74 Å². The SMILES string of the molecule is Clc1cncc(Oc2ncccc2CBr)c1. The lowest BCUT2D eigenvalue weighted by Crippen LogP contribution is -1.92. The zero-order chi connectivity index (χ0) is 11.4. The van der Waals surface area contributed by atoms with Crippen molar-refractivity contribution in [3.8, 4) is 11.6 Å². The third-order valence-corrected chi connectivity index (χ3v) is 2.70. The van der Waals surface area contributed by atoms with Crippen molar-refractivity contribution in [2.45, 2.75) is 5.33 Å². The molecular formula is C11H8BrClN2O. The standard InChI is InChI=1S/C11H8BrClN2O/c12-5-8-2-1-3-15-11(8)16-10-4-9(13)6-14-7-10/h1-4,6-7H,5H2. The first-order valence-electron chi connectivity index (χ1n) is 4.58. The van der Waals surface area contributed by atoms with Crippen molar-refractivity contribution in [1.29, 1.82) is 0 Å². The Kier molecular flexibility index (Phi) is 3.74. The van der Waals surface area contributed by atoms with Gasteiger partial charge in [-0.3, -0.25) is 4.98 Å². The lowest BCUT2D eigenvalue weighted by Gasteiger charge is -2.07. The van der Waals surface area contributed by atoms with Crippen LogP contribution in [0.4, 0.5) is 0 Å². The molecule has 0 bridgehead atoms. The number of hydrogen-bond acceptors (Lipinski definition) is 3. The van der Waals surface area contributed by atoms with Gasteiger partial charge in [0.2, 0.25) is 5.88 Å². The number of pyridine rings is 2. The van der Waals surface area contributed by atoms with Gasteiger partial charge in [-0.15, -0.1) is 0 Å². The average molecular weight is 300 g/mol. The smallest absolute Gasteiger partial charge is 0.223 e. The monoisotopic (exact) mass is 298 g/mol. The maximum absolute atomic E-state index is 5.81. The molecule has 3 nitrogen and oxygen atoms in total. The van der Waals surface area contributed by atoms with E-state index >= 15 is 0 Å². The maximum Gasteiger partial charge on any atom is 0.223 e. The van der Waals surface area contributed by atoms with E-state index in [-0.39, 0.29) is 0 Å². The van der Waals surface area contributed by atoms with Crippen LogP contribution in [0.3, 0.4) is 0 Å². The lowest BCUT2D eigenvalue weighted by molar-refractivity contribution is 0.456. The summed E-state index contributed by atoms with van der Waals surface area (Å²) in [5.74, 6) is 1.14. The fraction of sp³-hybridized carbons (Fsp3) is 0.0909. The predicted molar refractivity (Wildman–Crippen MR) is 66.2 cm³/mol. The van der Waals surface area contributed by atoms with Gasteiger partial charge in [0.1, 0.15) is 5.75 Å². The fourth-order valence-electron chi connectivity index (χ4n) is 1.18. The zero-order valence-corrected chi connectivity index (χ0v) is 10.6. The summed E-state index contributed by atoms with van der Waals surface area (Å²) >= 11 is 9.19. The van der Waals surface area contributed by atoms with Gasteiger partial charge in [-0.05, 0) is 6.07 Å². The maximum atomic E-state index is 5.81. The molecule has 0 aliphatic carbocycles. The van der Waals surface area contributed by atoms with Crippen LogP contribution in [-0.2, 0) is 5.33 Å². The molecule has 0 aliphatic rings. The van der Waals surface area contributed by atoms with Gasteiger partial charge in [-0.2, -0.15) is 0 Å². The minimum absolute atomic E-state index is 0.536. The second kappa shape index (κ2) is 5.27. The van der Waals surface area contributed by atoms with E-state index in [2.05, 4.69) is 25.9 Å². The van der Waals surface area contributed by atoms with Crippen molar-refractivity contribution < 1.29 is 4.74 Å². The van der Waals surface area contributed by atoms with Gasteiger partial charge in [0.05, 0.1) is 11.2 Å². The molecule has 0 saturated heterocycles. The van der Waals surface area contributed by atoms with Crippen molar-refractivity contribution in [2.75, 3.05) is 0 Å². The van der Waals surface area contributed by atoms with Gasteiger partial charge in [0, 0.05) is 29.4 Å². The van der Waals surface area contributed by atoms with E-state index in [0.29, 0.717) is 22.0 Å². The van der Waals surface area contributed by atoms with Crippen molar-refractivity contribution >= 4 is 27.5 Å². The van der Waals surface area contributed by atoms with Gasteiger partial charge in [-0.25, -0.2) is 4.98 Å². The molecule has 16 heavy (non-hydrogen) atoms. The Bertz CT molecular complexity index is 493. The van der Waals surface area contributed by atoms with E-state index in [4.69, 9.17) is 16.3 Å². The summed E-state index contributed by atoms with van der Waals surface area (Å²) < 4.78 is 5.59. The first-order valence-corrected chi connectivity index (χ1v) is 6.08. The zero-order valence-electron chi connectivity index (χ0n) is 8.23. The van der Waals surface area contributed by atoms with Crippen molar-refractivity contribution in [1.82, 2.24) is 9.97 Å². The Labute approximate surface area is 107 Å². The summed E-state index contributed by atoms with van der Waals surface area (Å²) in [5, 5.41) is 1.22. The van der Waals surface area contributed by atoms with Crippen LogP contribution in [0.1, 0.15) is 5.56 Å². The van der Waals surface area contributed by atoms with Crippen LogP contribution in [0.15, 0.2) is 36.8 Å². The van der Waals surface area contributed by atoms with Gasteiger partial charge < -0.3 is 4.74 Å². The number of alkyl halides is 1. The van der Waals surface area contributed by atoms with Crippen LogP contribution in [-0.4, -0.2) is 9.97 Å². The Morgan fingerprint density at radius 1 is 1.38 bits per heavy atom. The van der Waals surface area contributed by atoms with E-state index in [1.54, 1.807) is 24.7 Å². The molecule has 0 aromatic carbocycles. The third-order valence-electron chi connectivity index (χ3n) is 1.89. The molecule has 2 aromatic rings. The van der Waals surface area contributed by atoms with E-state index in [1.165, 1.54) is 0 Å². The number of halogens is 2. The third kappa shape index (κ3) is 2.71. The highest BCUT2D eigenvalue weighted by Crippen LogP contribution is 2.25. The lowest BCUT2D eigenvalue weighted by atomic mass is 10.3.